The molecule has 0 saturated heterocycles. The number of hydrogen-bond acceptors (Lipinski definition) is 6. The van der Waals surface area contributed by atoms with Crippen molar-refractivity contribution < 1.29 is 13.2 Å². The molecule has 20 heavy (non-hydrogen) atoms. The standard InChI is InChI=1S/C12H15N3O3S2/c13-10-1-3-11(4-2-10)18-6-8-20(16,17)15-9-12-14-5-7-19-12/h1-5,7,15H,6,8-9,13H2. The summed E-state index contributed by atoms with van der Waals surface area (Å²) in [6, 6.07) is 6.80. The maximum Gasteiger partial charge on any atom is 0.215 e. The minimum Gasteiger partial charge on any atom is -0.492 e. The molecule has 8 heteroatoms. The Bertz CT molecular complexity index is 624. The van der Waals surface area contributed by atoms with Gasteiger partial charge in [0.25, 0.3) is 0 Å². The van der Waals surface area contributed by atoms with Crippen molar-refractivity contribution in [2.45, 2.75) is 6.54 Å². The van der Waals surface area contributed by atoms with Gasteiger partial charge in [0.15, 0.2) is 0 Å². The highest BCUT2D eigenvalue weighted by molar-refractivity contribution is 7.89. The van der Waals surface area contributed by atoms with Crippen LogP contribution in [0, 0.1) is 0 Å². The van der Waals surface area contributed by atoms with Gasteiger partial charge >= 0.3 is 0 Å². The van der Waals surface area contributed by atoms with Crippen molar-refractivity contribution >= 4 is 27.0 Å². The van der Waals surface area contributed by atoms with Crippen molar-refractivity contribution in [3.63, 3.8) is 0 Å². The number of ether oxygens (including phenoxy) is 1. The lowest BCUT2D eigenvalue weighted by Crippen LogP contribution is -2.28. The predicted octanol–water partition coefficient (Wildman–Crippen LogP) is 1.22. The second kappa shape index (κ2) is 6.69. The Labute approximate surface area is 121 Å². The molecule has 0 unspecified atom stereocenters. The topological polar surface area (TPSA) is 94.3 Å². The molecule has 1 aromatic carbocycles. The molecule has 2 rings (SSSR count). The first kappa shape index (κ1) is 14.8. The number of nitrogens with zero attached hydrogens (tertiary/aromatic N) is 1. The lowest BCUT2D eigenvalue weighted by molar-refractivity contribution is 0.340. The molecule has 0 spiro atoms. The quantitative estimate of drug-likeness (QED) is 0.750. The van der Waals surface area contributed by atoms with Crippen molar-refractivity contribution in [3.8, 4) is 5.75 Å². The van der Waals surface area contributed by atoms with E-state index in [1.807, 2.05) is 0 Å². The van der Waals surface area contributed by atoms with Gasteiger partial charge in [0.1, 0.15) is 17.4 Å². The van der Waals surface area contributed by atoms with Crippen LogP contribution in [0.4, 0.5) is 5.69 Å². The lowest BCUT2D eigenvalue weighted by Gasteiger charge is -2.07. The van der Waals surface area contributed by atoms with Crippen LogP contribution in [0.25, 0.3) is 0 Å². The van der Waals surface area contributed by atoms with E-state index >= 15 is 0 Å². The number of anilines is 1. The van der Waals surface area contributed by atoms with Gasteiger partial charge in [0.05, 0.1) is 12.3 Å². The summed E-state index contributed by atoms with van der Waals surface area (Å²) < 4.78 is 31.3. The summed E-state index contributed by atoms with van der Waals surface area (Å²) >= 11 is 1.40. The number of rotatable bonds is 7. The second-order valence-corrected chi connectivity index (χ2v) is 6.89. The van der Waals surface area contributed by atoms with Crippen molar-refractivity contribution in [1.82, 2.24) is 9.71 Å². The first-order valence-corrected chi connectivity index (χ1v) is 8.42. The fraction of sp³-hybridized carbons (Fsp3) is 0.250. The van der Waals surface area contributed by atoms with Crippen molar-refractivity contribution in [2.24, 2.45) is 0 Å². The third kappa shape index (κ3) is 4.80. The van der Waals surface area contributed by atoms with Crippen molar-refractivity contribution in [3.05, 3.63) is 40.8 Å². The number of hydrogen-bond donors (Lipinski definition) is 2. The van der Waals surface area contributed by atoms with Gasteiger partial charge in [0, 0.05) is 17.3 Å². The summed E-state index contributed by atoms with van der Waals surface area (Å²) in [5, 5.41) is 2.53. The summed E-state index contributed by atoms with van der Waals surface area (Å²) in [6.45, 7) is 0.291. The molecule has 0 aliphatic carbocycles. The number of thiazole rings is 1. The highest BCUT2D eigenvalue weighted by atomic mass is 32.2. The van der Waals surface area contributed by atoms with Crippen LogP contribution in [0.15, 0.2) is 35.8 Å². The zero-order chi connectivity index (χ0) is 14.4. The average Bonchev–Trinajstić information content (AvgIpc) is 2.92. The fourth-order valence-corrected chi connectivity index (χ4v) is 2.87. The first-order chi connectivity index (χ1) is 9.55. The molecule has 0 aliphatic heterocycles. The number of sulfonamides is 1. The van der Waals surface area contributed by atoms with E-state index in [2.05, 4.69) is 9.71 Å². The molecular formula is C12H15N3O3S2. The van der Waals surface area contributed by atoms with Gasteiger partial charge in [-0.05, 0) is 24.3 Å². The molecule has 3 N–H and O–H groups in total. The van der Waals surface area contributed by atoms with Gasteiger partial charge in [-0.3, -0.25) is 0 Å². The largest absolute Gasteiger partial charge is 0.492 e. The first-order valence-electron chi connectivity index (χ1n) is 5.89. The van der Waals surface area contributed by atoms with E-state index in [0.717, 1.165) is 5.01 Å². The van der Waals surface area contributed by atoms with Crippen molar-refractivity contribution in [2.75, 3.05) is 18.1 Å². The van der Waals surface area contributed by atoms with E-state index in [1.54, 1.807) is 35.8 Å². The summed E-state index contributed by atoms with van der Waals surface area (Å²) in [4.78, 5) is 4.00. The predicted molar refractivity (Wildman–Crippen MR) is 79.1 cm³/mol. The molecule has 0 atom stereocenters. The summed E-state index contributed by atoms with van der Waals surface area (Å²) in [5.41, 5.74) is 6.18. The monoisotopic (exact) mass is 313 g/mol. The SMILES string of the molecule is Nc1ccc(OCCS(=O)(=O)NCc2nccs2)cc1. The van der Waals surface area contributed by atoms with Gasteiger partial charge in [-0.1, -0.05) is 0 Å². The van der Waals surface area contributed by atoms with Gasteiger partial charge in [-0.2, -0.15) is 0 Å². The third-order valence-corrected chi connectivity index (χ3v) is 4.50. The lowest BCUT2D eigenvalue weighted by atomic mass is 10.3. The minimum absolute atomic E-state index is 0.0805. The zero-order valence-electron chi connectivity index (χ0n) is 10.7. The Hall–Kier alpha value is -1.64. The maximum atomic E-state index is 11.7. The molecule has 0 amide bonds. The Kier molecular flexibility index (Phi) is 4.94. The number of aromatic nitrogens is 1. The second-order valence-electron chi connectivity index (χ2n) is 3.98. The summed E-state index contributed by atoms with van der Waals surface area (Å²) in [7, 11) is -3.37. The molecule has 1 heterocycles. The molecule has 0 radical (unpaired) electrons. The average molecular weight is 313 g/mol. The van der Waals surface area contributed by atoms with Crippen LogP contribution in [0.1, 0.15) is 5.01 Å². The van der Waals surface area contributed by atoms with E-state index < -0.39 is 10.0 Å². The van der Waals surface area contributed by atoms with E-state index in [4.69, 9.17) is 10.5 Å². The Morgan fingerprint density at radius 2 is 2.05 bits per heavy atom. The minimum atomic E-state index is -3.37. The molecule has 0 bridgehead atoms. The Morgan fingerprint density at radius 1 is 1.30 bits per heavy atom. The van der Waals surface area contributed by atoms with E-state index in [-0.39, 0.29) is 18.9 Å². The van der Waals surface area contributed by atoms with Crippen LogP contribution < -0.4 is 15.2 Å². The smallest absolute Gasteiger partial charge is 0.215 e. The van der Waals surface area contributed by atoms with Crippen molar-refractivity contribution in [1.29, 1.82) is 0 Å². The molecule has 6 nitrogen and oxygen atoms in total. The van der Waals surface area contributed by atoms with Gasteiger partial charge in [0.2, 0.25) is 10.0 Å². The van der Waals surface area contributed by atoms with Crippen LogP contribution in [0.3, 0.4) is 0 Å². The third-order valence-electron chi connectivity index (χ3n) is 2.43. The highest BCUT2D eigenvalue weighted by Crippen LogP contribution is 2.13. The normalized spacial score (nSPS) is 11.4. The number of nitrogens with two attached hydrogens (primary N) is 1. The molecule has 108 valence electrons. The van der Waals surface area contributed by atoms with Crippen LogP contribution in [-0.2, 0) is 16.6 Å². The van der Waals surface area contributed by atoms with Gasteiger partial charge in [-0.25, -0.2) is 18.1 Å². The van der Waals surface area contributed by atoms with E-state index in [0.29, 0.717) is 11.4 Å². The highest BCUT2D eigenvalue weighted by Gasteiger charge is 2.11. The Balaban J connectivity index is 1.76. The van der Waals surface area contributed by atoms with Gasteiger partial charge < -0.3 is 10.5 Å². The van der Waals surface area contributed by atoms with E-state index in [1.165, 1.54) is 11.3 Å². The van der Waals surface area contributed by atoms with Crippen LogP contribution >= 0.6 is 11.3 Å². The number of benzene rings is 1. The summed E-state index contributed by atoms with van der Waals surface area (Å²) in [5.74, 6) is 0.484. The maximum absolute atomic E-state index is 11.7. The molecule has 1 aromatic heterocycles. The van der Waals surface area contributed by atoms with E-state index in [9.17, 15) is 8.42 Å². The fourth-order valence-electron chi connectivity index (χ4n) is 1.42. The summed E-state index contributed by atoms with van der Waals surface area (Å²) in [6.07, 6.45) is 1.64. The van der Waals surface area contributed by atoms with Crippen LogP contribution in [0.5, 0.6) is 5.75 Å². The molecule has 0 fully saturated rings. The molecule has 0 aliphatic rings. The Morgan fingerprint density at radius 3 is 2.70 bits per heavy atom. The molecule has 0 saturated carbocycles. The molecule has 2 aromatic rings. The van der Waals surface area contributed by atoms with Crippen LogP contribution in [0.2, 0.25) is 0 Å². The van der Waals surface area contributed by atoms with Gasteiger partial charge in [-0.15, -0.1) is 11.3 Å². The zero-order valence-corrected chi connectivity index (χ0v) is 12.3. The van der Waals surface area contributed by atoms with Crippen LogP contribution in [-0.4, -0.2) is 25.8 Å². The number of nitrogens with one attached hydrogen (secondary N) is 1. The number of nitrogen functional groups attached to an aromatic ring is 1. The molecular weight excluding hydrogens is 298 g/mol.